The van der Waals surface area contributed by atoms with Crippen LogP contribution >= 0.6 is 11.6 Å². The van der Waals surface area contributed by atoms with E-state index < -0.39 is 5.82 Å². The number of nitrogens with zero attached hydrogens (tertiary/aromatic N) is 3. The quantitative estimate of drug-likeness (QED) is 0.443. The van der Waals surface area contributed by atoms with Crippen molar-refractivity contribution in [3.63, 3.8) is 0 Å². The number of imidazole rings is 1. The van der Waals surface area contributed by atoms with Crippen molar-refractivity contribution >= 4 is 28.6 Å². The zero-order valence-corrected chi connectivity index (χ0v) is 19.1. The molecule has 1 aliphatic heterocycles. The van der Waals surface area contributed by atoms with E-state index in [9.17, 15) is 4.39 Å². The molecule has 1 N–H and O–H groups in total. The first-order chi connectivity index (χ1) is 15.5. The van der Waals surface area contributed by atoms with E-state index in [1.165, 1.54) is 28.3 Å². The first-order valence-corrected chi connectivity index (χ1v) is 11.4. The first-order valence-electron chi connectivity index (χ1n) is 11.0. The lowest BCUT2D eigenvalue weighted by molar-refractivity contribution is 0.571. The Labute approximate surface area is 192 Å². The van der Waals surface area contributed by atoms with Crippen molar-refractivity contribution in [2.75, 3.05) is 31.1 Å². The molecular formula is C26H26ClFN4. The van der Waals surface area contributed by atoms with Gasteiger partial charge in [0.25, 0.3) is 0 Å². The summed E-state index contributed by atoms with van der Waals surface area (Å²) in [6.07, 6.45) is 0. The Morgan fingerprint density at radius 2 is 1.78 bits per heavy atom. The largest absolute Gasteiger partial charge is 0.340 e. The molecule has 1 aromatic heterocycles. The normalized spacial score (nSPS) is 14.3. The number of halogens is 2. The average molecular weight is 449 g/mol. The van der Waals surface area contributed by atoms with Crippen LogP contribution in [0.5, 0.6) is 0 Å². The van der Waals surface area contributed by atoms with Gasteiger partial charge in [-0.15, -0.1) is 0 Å². The molecule has 3 aromatic carbocycles. The summed E-state index contributed by atoms with van der Waals surface area (Å²) in [6.45, 7) is 8.53. The van der Waals surface area contributed by atoms with E-state index in [4.69, 9.17) is 16.6 Å². The number of fused-ring (bicyclic) bond motifs is 1. The standard InChI is InChI=1S/C26H26ClFN4/c1-17-14-23-25(24(18(17)2)20-6-4-3-5-7-20)30-26(31-12-10-29-11-13-31)32(23)16-19-8-9-22(28)21(27)15-19/h3-9,14-15,29H,10-13,16H2,1-2H3. The Kier molecular flexibility index (Phi) is 5.62. The highest BCUT2D eigenvalue weighted by Gasteiger charge is 2.23. The Balaban J connectivity index is 1.74. The fraction of sp³-hybridized carbons (Fsp3) is 0.269. The number of aromatic nitrogens is 2. The van der Waals surface area contributed by atoms with Crippen LogP contribution < -0.4 is 10.2 Å². The molecule has 1 aliphatic rings. The molecular weight excluding hydrogens is 423 g/mol. The van der Waals surface area contributed by atoms with Crippen molar-refractivity contribution in [3.05, 3.63) is 82.1 Å². The van der Waals surface area contributed by atoms with Crippen LogP contribution in [0.4, 0.5) is 10.3 Å². The summed E-state index contributed by atoms with van der Waals surface area (Å²) >= 11 is 6.09. The molecule has 0 bridgehead atoms. The van der Waals surface area contributed by atoms with Gasteiger partial charge in [0.05, 0.1) is 22.6 Å². The molecule has 1 fully saturated rings. The fourth-order valence-corrected chi connectivity index (χ4v) is 4.72. The SMILES string of the molecule is Cc1cc2c(nc(N3CCNCC3)n2Cc2ccc(F)c(Cl)c2)c(-c2ccccc2)c1C. The van der Waals surface area contributed by atoms with Gasteiger partial charge in [-0.3, -0.25) is 0 Å². The van der Waals surface area contributed by atoms with Gasteiger partial charge in [0.2, 0.25) is 5.95 Å². The van der Waals surface area contributed by atoms with Crippen LogP contribution in [0.15, 0.2) is 54.6 Å². The van der Waals surface area contributed by atoms with Crippen LogP contribution in [0.1, 0.15) is 16.7 Å². The number of anilines is 1. The Morgan fingerprint density at radius 1 is 1.03 bits per heavy atom. The highest BCUT2D eigenvalue weighted by Crippen LogP contribution is 2.36. The van der Waals surface area contributed by atoms with Crippen molar-refractivity contribution in [2.24, 2.45) is 0 Å². The number of hydrogen-bond acceptors (Lipinski definition) is 3. The Bertz CT molecular complexity index is 1280. The lowest BCUT2D eigenvalue weighted by atomic mass is 9.95. The lowest BCUT2D eigenvalue weighted by Gasteiger charge is -2.29. The van der Waals surface area contributed by atoms with Gasteiger partial charge < -0.3 is 14.8 Å². The van der Waals surface area contributed by atoms with Crippen LogP contribution in [-0.4, -0.2) is 35.7 Å². The van der Waals surface area contributed by atoms with Crippen molar-refractivity contribution in [3.8, 4) is 11.1 Å². The van der Waals surface area contributed by atoms with Crippen LogP contribution in [0.2, 0.25) is 5.02 Å². The summed E-state index contributed by atoms with van der Waals surface area (Å²) in [5.41, 5.74) is 7.84. The minimum Gasteiger partial charge on any atom is -0.340 e. The van der Waals surface area contributed by atoms with Crippen molar-refractivity contribution < 1.29 is 4.39 Å². The van der Waals surface area contributed by atoms with Crippen molar-refractivity contribution in [1.29, 1.82) is 0 Å². The predicted octanol–water partition coefficient (Wildman–Crippen LogP) is 5.57. The van der Waals surface area contributed by atoms with E-state index in [0.29, 0.717) is 6.54 Å². The minimum atomic E-state index is -0.397. The molecule has 1 saturated heterocycles. The third-order valence-electron chi connectivity index (χ3n) is 6.33. The zero-order chi connectivity index (χ0) is 22.2. The van der Waals surface area contributed by atoms with E-state index in [1.54, 1.807) is 12.1 Å². The smallest absolute Gasteiger partial charge is 0.206 e. The molecule has 4 aromatic rings. The topological polar surface area (TPSA) is 33.1 Å². The summed E-state index contributed by atoms with van der Waals surface area (Å²) in [7, 11) is 0. The number of rotatable bonds is 4. The fourth-order valence-electron chi connectivity index (χ4n) is 4.51. The number of nitrogens with one attached hydrogen (secondary N) is 1. The predicted molar refractivity (Wildman–Crippen MR) is 130 cm³/mol. The van der Waals surface area contributed by atoms with Gasteiger partial charge in [0.15, 0.2) is 0 Å². The Morgan fingerprint density at radius 3 is 2.50 bits per heavy atom. The first kappa shape index (κ1) is 21.0. The maximum Gasteiger partial charge on any atom is 0.206 e. The summed E-state index contributed by atoms with van der Waals surface area (Å²) in [5.74, 6) is 0.551. The van der Waals surface area contributed by atoms with Crippen LogP contribution in [-0.2, 0) is 6.54 Å². The average Bonchev–Trinajstić information content (AvgIpc) is 3.15. The van der Waals surface area contributed by atoms with Crippen LogP contribution in [0.3, 0.4) is 0 Å². The summed E-state index contributed by atoms with van der Waals surface area (Å²) in [5, 5.41) is 3.56. The third kappa shape index (κ3) is 3.76. The van der Waals surface area contributed by atoms with Gasteiger partial charge in [-0.1, -0.05) is 48.0 Å². The molecule has 0 atom stereocenters. The second-order valence-electron chi connectivity index (χ2n) is 8.41. The van der Waals surface area contributed by atoms with E-state index in [1.807, 2.05) is 6.07 Å². The molecule has 6 heteroatoms. The highest BCUT2D eigenvalue weighted by atomic mass is 35.5. The molecule has 5 rings (SSSR count). The number of benzene rings is 3. The molecule has 0 saturated carbocycles. The van der Waals surface area contributed by atoms with Gasteiger partial charge in [-0.2, -0.15) is 0 Å². The van der Waals surface area contributed by atoms with Crippen LogP contribution in [0, 0.1) is 19.7 Å². The van der Waals surface area contributed by atoms with E-state index in [2.05, 4.69) is 59.0 Å². The lowest BCUT2D eigenvalue weighted by Crippen LogP contribution is -2.44. The van der Waals surface area contributed by atoms with E-state index in [0.717, 1.165) is 48.7 Å². The molecule has 0 unspecified atom stereocenters. The molecule has 0 amide bonds. The molecule has 0 radical (unpaired) electrons. The monoisotopic (exact) mass is 448 g/mol. The number of aryl methyl sites for hydroxylation is 1. The molecule has 164 valence electrons. The van der Waals surface area contributed by atoms with E-state index in [-0.39, 0.29) is 5.02 Å². The van der Waals surface area contributed by atoms with Gasteiger partial charge in [-0.05, 0) is 54.3 Å². The summed E-state index contributed by atoms with van der Waals surface area (Å²) in [4.78, 5) is 7.54. The van der Waals surface area contributed by atoms with Gasteiger partial charge in [-0.25, -0.2) is 9.37 Å². The maximum absolute atomic E-state index is 13.8. The Hall–Kier alpha value is -2.89. The van der Waals surface area contributed by atoms with Crippen molar-refractivity contribution in [1.82, 2.24) is 14.9 Å². The second kappa shape index (κ2) is 8.57. The number of piperazine rings is 1. The molecule has 0 spiro atoms. The molecule has 2 heterocycles. The van der Waals surface area contributed by atoms with Gasteiger partial charge >= 0.3 is 0 Å². The second-order valence-corrected chi connectivity index (χ2v) is 8.82. The summed E-state index contributed by atoms with van der Waals surface area (Å²) in [6, 6.07) is 17.6. The summed E-state index contributed by atoms with van der Waals surface area (Å²) < 4.78 is 16.0. The number of hydrogen-bond donors (Lipinski definition) is 1. The van der Waals surface area contributed by atoms with Crippen molar-refractivity contribution in [2.45, 2.75) is 20.4 Å². The minimum absolute atomic E-state index is 0.146. The van der Waals surface area contributed by atoms with Gasteiger partial charge in [0.1, 0.15) is 5.82 Å². The van der Waals surface area contributed by atoms with Crippen LogP contribution in [0.25, 0.3) is 22.2 Å². The molecule has 32 heavy (non-hydrogen) atoms. The maximum atomic E-state index is 13.8. The molecule has 4 nitrogen and oxygen atoms in total. The highest BCUT2D eigenvalue weighted by molar-refractivity contribution is 6.30. The molecule has 0 aliphatic carbocycles. The third-order valence-corrected chi connectivity index (χ3v) is 6.62. The van der Waals surface area contributed by atoms with E-state index >= 15 is 0 Å². The zero-order valence-electron chi connectivity index (χ0n) is 18.3. The van der Waals surface area contributed by atoms with Gasteiger partial charge in [0, 0.05) is 31.7 Å².